The van der Waals surface area contributed by atoms with Crippen LogP contribution in [0.1, 0.15) is 68.9 Å². The number of benzene rings is 5. The molecule has 1 unspecified atom stereocenters. The van der Waals surface area contributed by atoms with Crippen LogP contribution >= 0.6 is 23.2 Å². The fourth-order valence-electron chi connectivity index (χ4n) is 8.76. The Morgan fingerprint density at radius 3 is 1.74 bits per heavy atom. The molecule has 250 valence electrons. The molecule has 5 aromatic carbocycles. The predicted molar refractivity (Wildman–Crippen MR) is 208 cm³/mol. The number of hydrogen-bond donors (Lipinski definition) is 0. The molecule has 2 nitrogen and oxygen atoms in total. The SMILES string of the molecule is CCOC(=O)CC12C(=C(c3ccc(Cl)cc3)c3c(-c4ccc(Cl)cc4)cccc31)C(=C(C)C)C(C)(C)C2=C(c1ccccc1)c1ccccc1. The number of carbonyl (C=O) groups excluding carboxylic acids is 1. The van der Waals surface area contributed by atoms with E-state index in [1.54, 1.807) is 0 Å². The van der Waals surface area contributed by atoms with Crippen LogP contribution in [-0.4, -0.2) is 12.6 Å². The van der Waals surface area contributed by atoms with Crippen molar-refractivity contribution in [2.45, 2.75) is 46.5 Å². The number of esters is 1. The molecule has 2 aliphatic rings. The maximum Gasteiger partial charge on any atom is 0.307 e. The van der Waals surface area contributed by atoms with E-state index < -0.39 is 10.8 Å². The van der Waals surface area contributed by atoms with Gasteiger partial charge in [-0.1, -0.05) is 146 Å². The van der Waals surface area contributed by atoms with Gasteiger partial charge in [0.2, 0.25) is 0 Å². The van der Waals surface area contributed by atoms with Gasteiger partial charge in [-0.3, -0.25) is 4.79 Å². The first kappa shape index (κ1) is 33.8. The van der Waals surface area contributed by atoms with Crippen LogP contribution in [0.5, 0.6) is 0 Å². The molecule has 0 bridgehead atoms. The van der Waals surface area contributed by atoms with E-state index in [0.29, 0.717) is 16.7 Å². The standard InChI is InChI=1S/C46H40Cl2O2/c1-6-50-38(49)28-46-37-19-13-18-36(30-20-24-34(47)25-21-30)41(37)40(33-22-26-35(48)27-23-33)43(46)42(29(2)3)45(4,5)44(46)39(31-14-9-7-10-15-31)32-16-11-8-12-17-32/h7-27H,6,28H2,1-5H3. The van der Waals surface area contributed by atoms with Crippen LogP contribution in [0.25, 0.3) is 22.3 Å². The molecule has 50 heavy (non-hydrogen) atoms. The Labute approximate surface area is 305 Å². The first-order valence-electron chi connectivity index (χ1n) is 17.2. The Morgan fingerprint density at radius 2 is 1.22 bits per heavy atom. The molecule has 0 amide bonds. The summed E-state index contributed by atoms with van der Waals surface area (Å²) in [6.45, 7) is 11.2. The van der Waals surface area contributed by atoms with Gasteiger partial charge in [-0.15, -0.1) is 0 Å². The fourth-order valence-corrected chi connectivity index (χ4v) is 9.01. The molecular weight excluding hydrogens is 655 g/mol. The molecule has 0 N–H and O–H groups in total. The van der Waals surface area contributed by atoms with E-state index in [2.05, 4.69) is 131 Å². The van der Waals surface area contributed by atoms with E-state index in [4.69, 9.17) is 27.9 Å². The van der Waals surface area contributed by atoms with Crippen LogP contribution in [0.3, 0.4) is 0 Å². The maximum atomic E-state index is 14.2. The smallest absolute Gasteiger partial charge is 0.307 e. The van der Waals surface area contributed by atoms with Crippen molar-refractivity contribution in [3.05, 3.63) is 188 Å². The zero-order valence-electron chi connectivity index (χ0n) is 29.1. The number of carbonyl (C=O) groups is 1. The highest BCUT2D eigenvalue weighted by atomic mass is 35.5. The Kier molecular flexibility index (Phi) is 8.97. The van der Waals surface area contributed by atoms with Crippen molar-refractivity contribution in [3.63, 3.8) is 0 Å². The van der Waals surface area contributed by atoms with Crippen LogP contribution in [0, 0.1) is 5.41 Å². The number of allylic oxidation sites excluding steroid dienone is 4. The van der Waals surface area contributed by atoms with E-state index in [1.165, 1.54) is 16.7 Å². The van der Waals surface area contributed by atoms with Gasteiger partial charge in [0, 0.05) is 15.5 Å². The summed E-state index contributed by atoms with van der Waals surface area (Å²) in [7, 11) is 0. The maximum absolute atomic E-state index is 14.2. The third kappa shape index (κ3) is 5.46. The molecule has 1 atom stereocenters. The Hall–Kier alpha value is -4.63. The zero-order valence-corrected chi connectivity index (χ0v) is 30.6. The molecule has 1 fully saturated rings. The first-order chi connectivity index (χ1) is 24.1. The van der Waals surface area contributed by atoms with E-state index in [0.717, 1.165) is 55.7 Å². The summed E-state index contributed by atoms with van der Waals surface area (Å²) in [5, 5.41) is 1.36. The number of rotatable bonds is 7. The molecule has 7 rings (SSSR count). The molecular formula is C46H40Cl2O2. The molecule has 5 aromatic rings. The lowest BCUT2D eigenvalue weighted by Crippen LogP contribution is -2.33. The van der Waals surface area contributed by atoms with Gasteiger partial charge in [0.05, 0.1) is 18.4 Å². The van der Waals surface area contributed by atoms with Crippen molar-refractivity contribution in [3.8, 4) is 11.1 Å². The van der Waals surface area contributed by atoms with Crippen molar-refractivity contribution >= 4 is 40.3 Å². The first-order valence-corrected chi connectivity index (χ1v) is 18.0. The summed E-state index contributed by atoms with van der Waals surface area (Å²) >= 11 is 12.9. The summed E-state index contributed by atoms with van der Waals surface area (Å²) in [5.41, 5.74) is 13.3. The second-order valence-electron chi connectivity index (χ2n) is 13.9. The molecule has 0 saturated heterocycles. The summed E-state index contributed by atoms with van der Waals surface area (Å²) in [6, 6.07) is 44.0. The van der Waals surface area contributed by atoms with Gasteiger partial charge >= 0.3 is 5.97 Å². The highest BCUT2D eigenvalue weighted by Crippen LogP contribution is 2.71. The van der Waals surface area contributed by atoms with Crippen LogP contribution < -0.4 is 0 Å². The second kappa shape index (κ2) is 13.2. The van der Waals surface area contributed by atoms with Gasteiger partial charge in [0.25, 0.3) is 0 Å². The molecule has 0 radical (unpaired) electrons. The van der Waals surface area contributed by atoms with Gasteiger partial charge < -0.3 is 4.74 Å². The Balaban J connectivity index is 1.76. The Bertz CT molecular complexity index is 2140. The number of fused-ring (bicyclic) bond motifs is 3. The lowest BCUT2D eigenvalue weighted by atomic mass is 9.65. The summed E-state index contributed by atoms with van der Waals surface area (Å²) in [5.74, 6) is -0.228. The van der Waals surface area contributed by atoms with Crippen LogP contribution in [0.15, 0.2) is 150 Å². The normalized spacial score (nSPS) is 17.4. The number of ether oxygens (including phenoxy) is 1. The zero-order chi connectivity index (χ0) is 35.2. The predicted octanol–water partition coefficient (Wildman–Crippen LogP) is 12.5. The molecule has 4 heteroatoms. The lowest BCUT2D eigenvalue weighted by Gasteiger charge is -2.36. The van der Waals surface area contributed by atoms with Crippen LogP contribution in [-0.2, 0) is 14.9 Å². The average molecular weight is 696 g/mol. The summed E-state index contributed by atoms with van der Waals surface area (Å²) in [6.07, 6.45) is 0.156. The molecule has 0 aliphatic heterocycles. The van der Waals surface area contributed by atoms with E-state index in [-0.39, 0.29) is 12.4 Å². The van der Waals surface area contributed by atoms with Crippen molar-refractivity contribution in [2.75, 3.05) is 6.61 Å². The van der Waals surface area contributed by atoms with Gasteiger partial charge in [-0.25, -0.2) is 0 Å². The largest absolute Gasteiger partial charge is 0.466 e. The van der Waals surface area contributed by atoms with Crippen molar-refractivity contribution in [2.24, 2.45) is 5.41 Å². The van der Waals surface area contributed by atoms with E-state index in [1.807, 2.05) is 31.2 Å². The topological polar surface area (TPSA) is 26.3 Å². The minimum absolute atomic E-state index is 0.156. The highest BCUT2D eigenvalue weighted by Gasteiger charge is 2.62. The Morgan fingerprint density at radius 1 is 0.680 bits per heavy atom. The highest BCUT2D eigenvalue weighted by molar-refractivity contribution is 6.31. The molecule has 0 heterocycles. The lowest BCUT2D eigenvalue weighted by molar-refractivity contribution is -0.144. The fraction of sp³-hybridized carbons (Fsp3) is 0.196. The van der Waals surface area contributed by atoms with Gasteiger partial charge in [0.1, 0.15) is 0 Å². The number of hydrogen-bond acceptors (Lipinski definition) is 2. The van der Waals surface area contributed by atoms with E-state index in [9.17, 15) is 4.79 Å². The molecule has 2 aliphatic carbocycles. The molecule has 0 aromatic heterocycles. The van der Waals surface area contributed by atoms with Crippen molar-refractivity contribution in [1.82, 2.24) is 0 Å². The quantitative estimate of drug-likeness (QED) is 0.158. The van der Waals surface area contributed by atoms with E-state index >= 15 is 0 Å². The summed E-state index contributed by atoms with van der Waals surface area (Å²) < 4.78 is 5.88. The molecule has 1 saturated carbocycles. The molecule has 0 spiro atoms. The van der Waals surface area contributed by atoms with Gasteiger partial charge in [0.15, 0.2) is 0 Å². The minimum Gasteiger partial charge on any atom is -0.466 e. The van der Waals surface area contributed by atoms with Gasteiger partial charge in [-0.2, -0.15) is 0 Å². The van der Waals surface area contributed by atoms with Crippen LogP contribution in [0.2, 0.25) is 10.0 Å². The average Bonchev–Trinajstić information content (AvgIpc) is 3.48. The second-order valence-corrected chi connectivity index (χ2v) is 14.7. The van der Waals surface area contributed by atoms with Crippen LogP contribution in [0.4, 0.5) is 0 Å². The van der Waals surface area contributed by atoms with Crippen molar-refractivity contribution < 1.29 is 9.53 Å². The number of halogens is 2. The third-order valence-corrected chi connectivity index (χ3v) is 10.8. The third-order valence-electron chi connectivity index (χ3n) is 10.3. The minimum atomic E-state index is -0.851. The van der Waals surface area contributed by atoms with Gasteiger partial charge in [-0.05, 0) is 112 Å². The van der Waals surface area contributed by atoms with Crippen molar-refractivity contribution in [1.29, 1.82) is 0 Å². The summed E-state index contributed by atoms with van der Waals surface area (Å²) in [4.78, 5) is 14.2. The monoisotopic (exact) mass is 694 g/mol.